The third-order valence-electron chi connectivity index (χ3n) is 2.96. The zero-order valence-electron chi connectivity index (χ0n) is 11.6. The summed E-state index contributed by atoms with van der Waals surface area (Å²) in [5.41, 5.74) is -4.11. The summed E-state index contributed by atoms with van der Waals surface area (Å²) in [6.07, 6.45) is -2.88. The second kappa shape index (κ2) is 6.41. The molecular formula is C13H14O9. The van der Waals surface area contributed by atoms with E-state index in [0.717, 1.165) is 0 Å². The highest BCUT2D eigenvalue weighted by molar-refractivity contribution is 6.19. The van der Waals surface area contributed by atoms with Crippen molar-refractivity contribution in [3.8, 4) is 11.5 Å². The van der Waals surface area contributed by atoms with Gasteiger partial charge in [0, 0.05) is 0 Å². The summed E-state index contributed by atoms with van der Waals surface area (Å²) in [7, 11) is 2.36. The molecule has 0 heterocycles. The Labute approximate surface area is 124 Å². The zero-order chi connectivity index (χ0) is 17.1. The Morgan fingerprint density at radius 3 is 1.86 bits per heavy atom. The van der Waals surface area contributed by atoms with E-state index in [1.165, 1.54) is 32.4 Å². The number of methoxy groups -OCH3 is 2. The standard InChI is InChI=1S/C13H14O9/c1-21-6-4-3-5-7(22-2)8(6)9(14)13(20,12(18)19)10(15)11(16)17/h3-5,10,15,20H,1-2H3,(H,16,17)(H,18,19)/t10-,13-/m0/s1. The lowest BCUT2D eigenvalue weighted by Crippen LogP contribution is -2.59. The average Bonchev–Trinajstić information content (AvgIpc) is 2.51. The fraction of sp³-hybridized carbons (Fsp3) is 0.308. The summed E-state index contributed by atoms with van der Waals surface area (Å²) in [4.78, 5) is 34.4. The number of carbonyl (C=O) groups excluding carboxylic acids is 1. The molecule has 0 bridgehead atoms. The van der Waals surface area contributed by atoms with Crippen molar-refractivity contribution < 1.29 is 44.3 Å². The van der Waals surface area contributed by atoms with Crippen LogP contribution >= 0.6 is 0 Å². The topological polar surface area (TPSA) is 151 Å². The van der Waals surface area contributed by atoms with E-state index in [1.807, 2.05) is 0 Å². The van der Waals surface area contributed by atoms with E-state index in [9.17, 15) is 24.6 Å². The van der Waals surface area contributed by atoms with Gasteiger partial charge in [0.2, 0.25) is 5.78 Å². The lowest BCUT2D eigenvalue weighted by molar-refractivity contribution is -0.175. The summed E-state index contributed by atoms with van der Waals surface area (Å²) < 4.78 is 9.78. The molecule has 1 rings (SSSR count). The van der Waals surface area contributed by atoms with Crippen LogP contribution in [-0.4, -0.2) is 64.1 Å². The molecule has 0 unspecified atom stereocenters. The number of aliphatic carboxylic acids is 2. The fourth-order valence-electron chi connectivity index (χ4n) is 1.78. The maximum absolute atomic E-state index is 12.4. The summed E-state index contributed by atoms with van der Waals surface area (Å²) in [6, 6.07) is 4.00. The molecule has 9 nitrogen and oxygen atoms in total. The molecule has 4 N–H and O–H groups in total. The smallest absolute Gasteiger partial charge is 0.347 e. The number of aliphatic hydroxyl groups excluding tert-OH is 1. The minimum atomic E-state index is -3.60. The number of carbonyl (C=O) groups is 3. The molecule has 120 valence electrons. The Morgan fingerprint density at radius 2 is 1.55 bits per heavy atom. The second-order valence-corrected chi connectivity index (χ2v) is 4.18. The number of hydrogen-bond donors (Lipinski definition) is 4. The molecule has 22 heavy (non-hydrogen) atoms. The molecule has 0 radical (unpaired) electrons. The number of Topliss-reactive ketones (excluding diaryl/α,β-unsaturated/α-hetero) is 1. The van der Waals surface area contributed by atoms with Gasteiger partial charge < -0.3 is 29.9 Å². The van der Waals surface area contributed by atoms with Gasteiger partial charge in [-0.2, -0.15) is 0 Å². The number of carboxylic acids is 2. The van der Waals surface area contributed by atoms with Crippen molar-refractivity contribution in [2.45, 2.75) is 11.7 Å². The number of carboxylic acid groups (broad SMARTS) is 2. The third kappa shape index (κ3) is 2.71. The maximum Gasteiger partial charge on any atom is 0.347 e. The predicted molar refractivity (Wildman–Crippen MR) is 70.1 cm³/mol. The van der Waals surface area contributed by atoms with E-state index in [1.54, 1.807) is 0 Å². The van der Waals surface area contributed by atoms with Crippen molar-refractivity contribution in [2.75, 3.05) is 14.2 Å². The Bertz CT molecular complexity index is 587. The Kier molecular flexibility index (Phi) is 5.07. The minimum absolute atomic E-state index is 0.151. The van der Waals surface area contributed by atoms with Crippen LogP contribution in [0.25, 0.3) is 0 Å². The van der Waals surface area contributed by atoms with Crippen LogP contribution in [0.5, 0.6) is 11.5 Å². The molecule has 9 heteroatoms. The van der Waals surface area contributed by atoms with Crippen molar-refractivity contribution in [3.63, 3.8) is 0 Å². The normalized spacial score (nSPS) is 14.5. The van der Waals surface area contributed by atoms with Gasteiger partial charge in [-0.3, -0.25) is 4.79 Å². The second-order valence-electron chi connectivity index (χ2n) is 4.18. The van der Waals surface area contributed by atoms with Crippen LogP contribution in [0.3, 0.4) is 0 Å². The molecule has 2 atom stereocenters. The first-order valence-electron chi connectivity index (χ1n) is 5.84. The summed E-state index contributed by atoms with van der Waals surface area (Å²) in [5, 5.41) is 37.2. The van der Waals surface area contributed by atoms with Crippen LogP contribution in [0, 0.1) is 0 Å². The Balaban J connectivity index is 3.57. The first-order chi connectivity index (χ1) is 10.2. The van der Waals surface area contributed by atoms with Crippen molar-refractivity contribution >= 4 is 17.7 Å². The third-order valence-corrected chi connectivity index (χ3v) is 2.96. The molecule has 0 aliphatic rings. The monoisotopic (exact) mass is 314 g/mol. The quantitative estimate of drug-likeness (QED) is 0.372. The highest BCUT2D eigenvalue weighted by Crippen LogP contribution is 2.33. The maximum atomic E-state index is 12.4. The largest absolute Gasteiger partial charge is 0.496 e. The average molecular weight is 314 g/mol. The minimum Gasteiger partial charge on any atom is -0.496 e. The number of benzene rings is 1. The van der Waals surface area contributed by atoms with Crippen molar-refractivity contribution in [3.05, 3.63) is 23.8 Å². The number of hydrogen-bond acceptors (Lipinski definition) is 7. The van der Waals surface area contributed by atoms with E-state index in [-0.39, 0.29) is 11.5 Å². The molecular weight excluding hydrogens is 300 g/mol. The lowest BCUT2D eigenvalue weighted by Gasteiger charge is -2.26. The van der Waals surface area contributed by atoms with Crippen LogP contribution in [0.2, 0.25) is 0 Å². The Hall–Kier alpha value is -2.65. The summed E-state index contributed by atoms with van der Waals surface area (Å²) >= 11 is 0. The van der Waals surface area contributed by atoms with Crippen LogP contribution in [-0.2, 0) is 9.59 Å². The van der Waals surface area contributed by atoms with Gasteiger partial charge in [0.05, 0.1) is 14.2 Å². The van der Waals surface area contributed by atoms with Gasteiger partial charge in [-0.25, -0.2) is 9.59 Å². The molecule has 0 saturated heterocycles. The number of ether oxygens (including phenoxy) is 2. The van der Waals surface area contributed by atoms with Gasteiger partial charge in [-0.15, -0.1) is 0 Å². The summed E-state index contributed by atoms with van der Waals surface area (Å²) in [5.74, 6) is -6.18. The van der Waals surface area contributed by atoms with Gasteiger partial charge in [0.1, 0.15) is 17.1 Å². The van der Waals surface area contributed by atoms with Crippen molar-refractivity contribution in [2.24, 2.45) is 0 Å². The number of aliphatic hydroxyl groups is 2. The van der Waals surface area contributed by atoms with Crippen LogP contribution in [0.4, 0.5) is 0 Å². The molecule has 0 aliphatic carbocycles. The molecule has 1 aromatic carbocycles. The molecule has 0 spiro atoms. The van der Waals surface area contributed by atoms with Gasteiger partial charge in [-0.1, -0.05) is 6.07 Å². The number of ketones is 1. The molecule has 0 saturated carbocycles. The van der Waals surface area contributed by atoms with Gasteiger partial charge in [0.25, 0.3) is 5.60 Å². The lowest BCUT2D eigenvalue weighted by atomic mass is 9.86. The van der Waals surface area contributed by atoms with Gasteiger partial charge >= 0.3 is 11.9 Å². The fourth-order valence-corrected chi connectivity index (χ4v) is 1.78. The number of rotatable bonds is 7. The van der Waals surface area contributed by atoms with Crippen LogP contribution < -0.4 is 9.47 Å². The van der Waals surface area contributed by atoms with E-state index in [0.29, 0.717) is 0 Å². The molecule has 0 aromatic heterocycles. The van der Waals surface area contributed by atoms with Crippen molar-refractivity contribution in [1.29, 1.82) is 0 Å². The molecule has 0 amide bonds. The molecule has 0 fully saturated rings. The van der Waals surface area contributed by atoms with Crippen molar-refractivity contribution in [1.82, 2.24) is 0 Å². The van der Waals surface area contributed by atoms with E-state index in [4.69, 9.17) is 19.7 Å². The first-order valence-corrected chi connectivity index (χ1v) is 5.84. The van der Waals surface area contributed by atoms with Gasteiger partial charge in [0.15, 0.2) is 6.10 Å². The van der Waals surface area contributed by atoms with Crippen LogP contribution in [0.15, 0.2) is 18.2 Å². The summed E-state index contributed by atoms with van der Waals surface area (Å²) in [6.45, 7) is 0. The molecule has 0 aliphatic heterocycles. The zero-order valence-corrected chi connectivity index (χ0v) is 11.6. The van der Waals surface area contributed by atoms with E-state index < -0.39 is 35.0 Å². The van der Waals surface area contributed by atoms with E-state index in [2.05, 4.69) is 0 Å². The van der Waals surface area contributed by atoms with Gasteiger partial charge in [-0.05, 0) is 12.1 Å². The Morgan fingerprint density at radius 1 is 1.09 bits per heavy atom. The highest BCUT2D eigenvalue weighted by Gasteiger charge is 2.55. The van der Waals surface area contributed by atoms with Crippen LogP contribution in [0.1, 0.15) is 10.4 Å². The van der Waals surface area contributed by atoms with E-state index >= 15 is 0 Å². The first kappa shape index (κ1) is 17.4. The molecule has 1 aromatic rings. The highest BCUT2D eigenvalue weighted by atomic mass is 16.5. The SMILES string of the molecule is COc1cccc(OC)c1C(=O)[C@@](O)(C(=O)O)[C@@H](O)C(=O)O. The predicted octanol–water partition coefficient (Wildman–Crippen LogP) is -0.852.